The van der Waals surface area contributed by atoms with Crippen molar-refractivity contribution in [1.29, 1.82) is 0 Å². The third-order valence-corrected chi connectivity index (χ3v) is 3.59. The summed E-state index contributed by atoms with van der Waals surface area (Å²) in [6.07, 6.45) is -0.541. The molecule has 1 unspecified atom stereocenters. The second kappa shape index (κ2) is 6.80. The Morgan fingerprint density at radius 3 is 2.58 bits per heavy atom. The maximum atomic E-state index is 12.9. The van der Waals surface area contributed by atoms with Crippen molar-refractivity contribution in [3.05, 3.63) is 69.9 Å². The lowest BCUT2D eigenvalue weighted by Crippen LogP contribution is -2.21. The summed E-state index contributed by atoms with van der Waals surface area (Å²) in [6, 6.07) is 14.1. The summed E-state index contributed by atoms with van der Waals surface area (Å²) in [7, 11) is 0. The molecule has 0 aliphatic carbocycles. The molecule has 0 bridgehead atoms. The molecule has 0 fully saturated rings. The number of hydrogen-bond acceptors (Lipinski definition) is 2. The van der Waals surface area contributed by atoms with E-state index >= 15 is 0 Å². The maximum absolute atomic E-state index is 12.9. The lowest BCUT2D eigenvalue weighted by atomic mass is 10.1. The van der Waals surface area contributed by atoms with Gasteiger partial charge in [-0.25, -0.2) is 4.39 Å². The highest BCUT2D eigenvalue weighted by Crippen LogP contribution is 2.18. The Balaban J connectivity index is 1.86. The number of benzene rings is 2. The fourth-order valence-corrected chi connectivity index (χ4v) is 2.29. The zero-order chi connectivity index (χ0) is 13.7. The Labute approximate surface area is 120 Å². The fourth-order valence-electron chi connectivity index (χ4n) is 1.80. The standard InChI is InChI=1S/C15H15BrFNO/c16-14-8-13(17)7-6-12(14)9-18-10-15(19)11-4-2-1-3-5-11/h1-8,15,18-19H,9-10H2. The highest BCUT2D eigenvalue weighted by atomic mass is 79.9. The Morgan fingerprint density at radius 1 is 1.16 bits per heavy atom. The molecule has 100 valence electrons. The molecule has 0 heterocycles. The summed E-state index contributed by atoms with van der Waals surface area (Å²) in [5, 5.41) is 13.1. The monoisotopic (exact) mass is 323 g/mol. The van der Waals surface area contributed by atoms with Crippen molar-refractivity contribution in [3.8, 4) is 0 Å². The second-order valence-electron chi connectivity index (χ2n) is 4.29. The van der Waals surface area contributed by atoms with Gasteiger partial charge < -0.3 is 10.4 Å². The van der Waals surface area contributed by atoms with Crippen LogP contribution >= 0.6 is 15.9 Å². The Hall–Kier alpha value is -1.23. The van der Waals surface area contributed by atoms with Crippen molar-refractivity contribution >= 4 is 15.9 Å². The Kier molecular flexibility index (Phi) is 5.07. The SMILES string of the molecule is OC(CNCc1ccc(F)cc1Br)c1ccccc1. The number of aliphatic hydroxyl groups excluding tert-OH is 1. The molecule has 1 atom stereocenters. The van der Waals surface area contributed by atoms with Crippen LogP contribution in [0.3, 0.4) is 0 Å². The van der Waals surface area contributed by atoms with Gasteiger partial charge in [-0.1, -0.05) is 52.3 Å². The molecule has 0 radical (unpaired) electrons. The molecule has 0 saturated heterocycles. The summed E-state index contributed by atoms with van der Waals surface area (Å²) in [5.74, 6) is -0.264. The van der Waals surface area contributed by atoms with E-state index in [4.69, 9.17) is 0 Å². The molecule has 2 rings (SSSR count). The van der Waals surface area contributed by atoms with E-state index in [0.29, 0.717) is 13.1 Å². The summed E-state index contributed by atoms with van der Waals surface area (Å²) < 4.78 is 13.7. The molecule has 2 nitrogen and oxygen atoms in total. The quantitative estimate of drug-likeness (QED) is 0.883. The molecule has 0 aliphatic rings. The maximum Gasteiger partial charge on any atom is 0.124 e. The average Bonchev–Trinajstić information content (AvgIpc) is 2.42. The zero-order valence-electron chi connectivity index (χ0n) is 10.3. The van der Waals surface area contributed by atoms with Gasteiger partial charge >= 0.3 is 0 Å². The summed E-state index contributed by atoms with van der Waals surface area (Å²) in [5.41, 5.74) is 1.84. The van der Waals surface area contributed by atoms with E-state index in [9.17, 15) is 9.50 Å². The molecule has 2 aromatic carbocycles. The molecular weight excluding hydrogens is 309 g/mol. The van der Waals surface area contributed by atoms with Crippen molar-refractivity contribution < 1.29 is 9.50 Å². The largest absolute Gasteiger partial charge is 0.387 e. The van der Waals surface area contributed by atoms with Gasteiger partial charge in [0.25, 0.3) is 0 Å². The van der Waals surface area contributed by atoms with Crippen LogP contribution in [-0.4, -0.2) is 11.7 Å². The highest BCUT2D eigenvalue weighted by molar-refractivity contribution is 9.10. The molecular formula is C15H15BrFNO. The van der Waals surface area contributed by atoms with E-state index in [1.165, 1.54) is 12.1 Å². The normalized spacial score (nSPS) is 12.4. The second-order valence-corrected chi connectivity index (χ2v) is 5.15. The first kappa shape index (κ1) is 14.2. The van der Waals surface area contributed by atoms with Gasteiger partial charge in [0, 0.05) is 17.6 Å². The van der Waals surface area contributed by atoms with E-state index < -0.39 is 6.10 Å². The van der Waals surface area contributed by atoms with E-state index in [-0.39, 0.29) is 5.82 Å². The smallest absolute Gasteiger partial charge is 0.124 e. The molecule has 0 spiro atoms. The first-order valence-electron chi connectivity index (χ1n) is 6.04. The van der Waals surface area contributed by atoms with E-state index in [1.807, 2.05) is 30.3 Å². The minimum Gasteiger partial charge on any atom is -0.387 e. The molecule has 2 N–H and O–H groups in total. The number of halogens is 2. The predicted molar refractivity (Wildman–Crippen MR) is 77.2 cm³/mol. The minimum absolute atomic E-state index is 0.264. The number of nitrogens with one attached hydrogen (secondary N) is 1. The van der Waals surface area contributed by atoms with Crippen molar-refractivity contribution in [3.63, 3.8) is 0 Å². The number of hydrogen-bond donors (Lipinski definition) is 2. The average molecular weight is 324 g/mol. The van der Waals surface area contributed by atoms with Crippen molar-refractivity contribution in [2.45, 2.75) is 12.6 Å². The van der Waals surface area contributed by atoms with E-state index in [2.05, 4.69) is 21.2 Å². The van der Waals surface area contributed by atoms with Crippen LogP contribution in [0.5, 0.6) is 0 Å². The van der Waals surface area contributed by atoms with Crippen LogP contribution in [0, 0.1) is 5.82 Å². The van der Waals surface area contributed by atoms with Gasteiger partial charge in [0.2, 0.25) is 0 Å². The third-order valence-electron chi connectivity index (χ3n) is 2.85. The topological polar surface area (TPSA) is 32.3 Å². The summed E-state index contributed by atoms with van der Waals surface area (Å²) in [6.45, 7) is 1.03. The van der Waals surface area contributed by atoms with E-state index in [0.717, 1.165) is 15.6 Å². The zero-order valence-corrected chi connectivity index (χ0v) is 11.9. The van der Waals surface area contributed by atoms with Gasteiger partial charge in [0.05, 0.1) is 6.10 Å². The van der Waals surface area contributed by atoms with Crippen molar-refractivity contribution in [1.82, 2.24) is 5.32 Å². The molecule has 0 saturated carbocycles. The summed E-state index contributed by atoms with van der Waals surface area (Å²) in [4.78, 5) is 0. The van der Waals surface area contributed by atoms with Crippen LogP contribution in [0.15, 0.2) is 53.0 Å². The number of rotatable bonds is 5. The first-order chi connectivity index (χ1) is 9.16. The third kappa shape index (κ3) is 4.13. The predicted octanol–water partition coefficient (Wildman–Crippen LogP) is 3.41. The Bertz CT molecular complexity index is 533. The van der Waals surface area contributed by atoms with Crippen LogP contribution in [0.2, 0.25) is 0 Å². The number of aliphatic hydroxyl groups is 1. The first-order valence-corrected chi connectivity index (χ1v) is 6.84. The van der Waals surface area contributed by atoms with Crippen molar-refractivity contribution in [2.24, 2.45) is 0 Å². The van der Waals surface area contributed by atoms with Gasteiger partial charge in [0.15, 0.2) is 0 Å². The van der Waals surface area contributed by atoms with Crippen LogP contribution in [0.4, 0.5) is 4.39 Å². The van der Waals surface area contributed by atoms with Crippen LogP contribution in [0.25, 0.3) is 0 Å². The van der Waals surface area contributed by atoms with Crippen molar-refractivity contribution in [2.75, 3.05) is 6.54 Å². The summed E-state index contributed by atoms with van der Waals surface area (Å²) >= 11 is 3.32. The van der Waals surface area contributed by atoms with Crippen LogP contribution in [0.1, 0.15) is 17.2 Å². The molecule has 19 heavy (non-hydrogen) atoms. The van der Waals surface area contributed by atoms with Crippen LogP contribution < -0.4 is 5.32 Å². The van der Waals surface area contributed by atoms with Crippen LogP contribution in [-0.2, 0) is 6.54 Å². The molecule has 4 heteroatoms. The van der Waals surface area contributed by atoms with E-state index in [1.54, 1.807) is 6.07 Å². The van der Waals surface area contributed by atoms with Gasteiger partial charge in [-0.05, 0) is 23.3 Å². The minimum atomic E-state index is -0.541. The lowest BCUT2D eigenvalue weighted by molar-refractivity contribution is 0.174. The molecule has 0 aliphatic heterocycles. The van der Waals surface area contributed by atoms with Gasteiger partial charge in [-0.3, -0.25) is 0 Å². The highest BCUT2D eigenvalue weighted by Gasteiger charge is 2.07. The van der Waals surface area contributed by atoms with Gasteiger partial charge in [-0.15, -0.1) is 0 Å². The Morgan fingerprint density at radius 2 is 1.89 bits per heavy atom. The molecule has 0 aromatic heterocycles. The van der Waals surface area contributed by atoms with Gasteiger partial charge in [-0.2, -0.15) is 0 Å². The molecule has 2 aromatic rings. The molecule has 0 amide bonds. The lowest BCUT2D eigenvalue weighted by Gasteiger charge is -2.12. The van der Waals surface area contributed by atoms with Gasteiger partial charge in [0.1, 0.15) is 5.82 Å². The fraction of sp³-hybridized carbons (Fsp3) is 0.200.